The Morgan fingerprint density at radius 1 is 1.17 bits per heavy atom. The zero-order chi connectivity index (χ0) is 16.4. The van der Waals surface area contributed by atoms with Gasteiger partial charge < -0.3 is 5.32 Å². The first kappa shape index (κ1) is 15.3. The van der Waals surface area contributed by atoms with E-state index in [1.165, 1.54) is 5.56 Å². The van der Waals surface area contributed by atoms with Crippen LogP contribution in [0.5, 0.6) is 0 Å². The normalized spacial score (nSPS) is 23.3. The van der Waals surface area contributed by atoms with Crippen molar-refractivity contribution in [1.82, 2.24) is 20.2 Å². The fraction of sp³-hybridized carbons (Fsp3) is 0.421. The van der Waals surface area contributed by atoms with Gasteiger partial charge in [-0.1, -0.05) is 12.1 Å². The van der Waals surface area contributed by atoms with Gasteiger partial charge in [-0.3, -0.25) is 19.7 Å². The molecule has 1 spiro atoms. The van der Waals surface area contributed by atoms with Crippen molar-refractivity contribution in [3.8, 4) is 0 Å². The molecule has 2 fully saturated rings. The highest BCUT2D eigenvalue weighted by molar-refractivity contribution is 5.81. The number of nitrogens with one attached hydrogen (secondary N) is 1. The van der Waals surface area contributed by atoms with Gasteiger partial charge in [-0.25, -0.2) is 0 Å². The van der Waals surface area contributed by atoms with Gasteiger partial charge in [-0.15, -0.1) is 0 Å². The second kappa shape index (κ2) is 6.32. The van der Waals surface area contributed by atoms with Gasteiger partial charge in [0.15, 0.2) is 0 Å². The smallest absolute Gasteiger partial charge is 0.221 e. The number of rotatable bonds is 3. The largest absolute Gasteiger partial charge is 0.350 e. The van der Waals surface area contributed by atoms with Crippen LogP contribution in [0.3, 0.4) is 0 Å². The molecule has 2 aromatic rings. The molecule has 5 nitrogen and oxygen atoms in total. The molecule has 2 aliphatic heterocycles. The maximum absolute atomic E-state index is 12.1. The minimum Gasteiger partial charge on any atom is -0.350 e. The summed E-state index contributed by atoms with van der Waals surface area (Å²) in [5.41, 5.74) is 2.17. The van der Waals surface area contributed by atoms with Crippen molar-refractivity contribution in [2.45, 2.75) is 37.3 Å². The van der Waals surface area contributed by atoms with Crippen LogP contribution in [0.15, 0.2) is 48.9 Å². The standard InChI is InChI=1S/C19H22N4O/c24-18-12-17(15-4-3-8-20-13-15)19(22-18)6-10-23(11-7-19)14-16-5-1-2-9-21-16/h1-5,8-9,13,17H,6-7,10-12,14H2,(H,22,24)/t17-/m1/s1. The number of aromatic nitrogens is 2. The molecule has 1 amide bonds. The Morgan fingerprint density at radius 2 is 2.04 bits per heavy atom. The summed E-state index contributed by atoms with van der Waals surface area (Å²) in [6, 6.07) is 10.1. The van der Waals surface area contributed by atoms with Crippen molar-refractivity contribution in [1.29, 1.82) is 0 Å². The molecule has 124 valence electrons. The Balaban J connectivity index is 1.47. The summed E-state index contributed by atoms with van der Waals surface area (Å²) >= 11 is 0. The molecule has 2 aromatic heterocycles. The van der Waals surface area contributed by atoms with Crippen molar-refractivity contribution in [3.05, 3.63) is 60.2 Å². The molecule has 1 atom stereocenters. The molecule has 4 heterocycles. The molecular weight excluding hydrogens is 300 g/mol. The van der Waals surface area contributed by atoms with E-state index in [4.69, 9.17) is 0 Å². The maximum Gasteiger partial charge on any atom is 0.221 e. The van der Waals surface area contributed by atoms with Crippen LogP contribution in [0.25, 0.3) is 0 Å². The Hall–Kier alpha value is -2.27. The second-order valence-corrected chi connectivity index (χ2v) is 6.84. The lowest BCUT2D eigenvalue weighted by molar-refractivity contribution is -0.120. The van der Waals surface area contributed by atoms with E-state index in [2.05, 4.69) is 32.3 Å². The molecule has 0 aromatic carbocycles. The zero-order valence-electron chi connectivity index (χ0n) is 13.7. The molecule has 24 heavy (non-hydrogen) atoms. The summed E-state index contributed by atoms with van der Waals surface area (Å²) in [5, 5.41) is 3.29. The quantitative estimate of drug-likeness (QED) is 0.940. The van der Waals surface area contributed by atoms with Crippen LogP contribution >= 0.6 is 0 Å². The van der Waals surface area contributed by atoms with Crippen LogP contribution in [0, 0.1) is 0 Å². The van der Waals surface area contributed by atoms with Gasteiger partial charge in [0.1, 0.15) is 0 Å². The third-order valence-electron chi connectivity index (χ3n) is 5.39. The predicted molar refractivity (Wildman–Crippen MR) is 91.2 cm³/mol. The molecule has 0 radical (unpaired) electrons. The first-order valence-electron chi connectivity index (χ1n) is 8.58. The third-order valence-corrected chi connectivity index (χ3v) is 5.39. The summed E-state index contributed by atoms with van der Waals surface area (Å²) < 4.78 is 0. The number of carbonyl (C=O) groups excluding carboxylic acids is 1. The molecule has 0 saturated carbocycles. The van der Waals surface area contributed by atoms with Crippen LogP contribution in [-0.4, -0.2) is 39.4 Å². The van der Waals surface area contributed by atoms with Crippen molar-refractivity contribution in [2.75, 3.05) is 13.1 Å². The van der Waals surface area contributed by atoms with Crippen LogP contribution in [0.4, 0.5) is 0 Å². The Labute approximate surface area is 142 Å². The first-order chi connectivity index (χ1) is 11.8. The molecule has 0 aliphatic carbocycles. The Kier molecular flexibility index (Phi) is 4.02. The monoisotopic (exact) mass is 322 g/mol. The average Bonchev–Trinajstić information content (AvgIpc) is 2.95. The molecule has 2 saturated heterocycles. The highest BCUT2D eigenvalue weighted by atomic mass is 16.2. The van der Waals surface area contributed by atoms with Gasteiger partial charge in [0.2, 0.25) is 5.91 Å². The van der Waals surface area contributed by atoms with E-state index in [0.29, 0.717) is 6.42 Å². The van der Waals surface area contributed by atoms with Gasteiger partial charge >= 0.3 is 0 Å². The topological polar surface area (TPSA) is 58.1 Å². The van der Waals surface area contributed by atoms with Crippen LogP contribution in [0.2, 0.25) is 0 Å². The van der Waals surface area contributed by atoms with Gasteiger partial charge in [0.25, 0.3) is 0 Å². The van der Waals surface area contributed by atoms with Gasteiger partial charge in [0, 0.05) is 56.1 Å². The maximum atomic E-state index is 12.1. The zero-order valence-corrected chi connectivity index (χ0v) is 13.7. The number of pyridine rings is 2. The summed E-state index contributed by atoms with van der Waals surface area (Å²) in [6.07, 6.45) is 8.07. The number of nitrogens with zero attached hydrogens (tertiary/aromatic N) is 3. The first-order valence-corrected chi connectivity index (χ1v) is 8.58. The molecule has 4 rings (SSSR count). The SMILES string of the molecule is O=C1C[C@H](c2cccnc2)C2(CCN(Cc3ccccn3)CC2)N1. The number of carbonyl (C=O) groups is 1. The highest BCUT2D eigenvalue weighted by Gasteiger charge is 2.48. The van der Waals surface area contributed by atoms with Crippen molar-refractivity contribution >= 4 is 5.91 Å². The molecule has 0 bridgehead atoms. The van der Waals surface area contributed by atoms with Gasteiger partial charge in [-0.2, -0.15) is 0 Å². The van der Waals surface area contributed by atoms with E-state index >= 15 is 0 Å². The summed E-state index contributed by atoms with van der Waals surface area (Å²) in [4.78, 5) is 23.2. The summed E-state index contributed by atoms with van der Waals surface area (Å²) in [7, 11) is 0. The van der Waals surface area contributed by atoms with E-state index in [1.807, 2.05) is 30.6 Å². The van der Waals surface area contributed by atoms with Crippen LogP contribution in [-0.2, 0) is 11.3 Å². The lowest BCUT2D eigenvalue weighted by atomic mass is 9.75. The van der Waals surface area contributed by atoms with Crippen molar-refractivity contribution in [2.24, 2.45) is 0 Å². The fourth-order valence-electron chi connectivity index (χ4n) is 4.12. The lowest BCUT2D eigenvalue weighted by Gasteiger charge is -2.42. The second-order valence-electron chi connectivity index (χ2n) is 6.84. The van der Waals surface area contributed by atoms with E-state index in [1.54, 1.807) is 6.20 Å². The number of likely N-dealkylation sites (tertiary alicyclic amines) is 1. The minimum atomic E-state index is -0.110. The Bertz CT molecular complexity index is 696. The van der Waals surface area contributed by atoms with Crippen molar-refractivity contribution < 1.29 is 4.79 Å². The van der Waals surface area contributed by atoms with E-state index in [0.717, 1.165) is 38.2 Å². The molecular formula is C19H22N4O. The van der Waals surface area contributed by atoms with E-state index < -0.39 is 0 Å². The average molecular weight is 322 g/mol. The van der Waals surface area contributed by atoms with Crippen LogP contribution in [0.1, 0.15) is 36.4 Å². The van der Waals surface area contributed by atoms with E-state index in [-0.39, 0.29) is 17.4 Å². The van der Waals surface area contributed by atoms with Gasteiger partial charge in [0.05, 0.1) is 5.69 Å². The molecule has 1 N–H and O–H groups in total. The third kappa shape index (κ3) is 2.91. The number of piperidine rings is 1. The fourth-order valence-corrected chi connectivity index (χ4v) is 4.12. The molecule has 2 aliphatic rings. The number of hydrogen-bond acceptors (Lipinski definition) is 4. The lowest BCUT2D eigenvalue weighted by Crippen LogP contribution is -2.53. The Morgan fingerprint density at radius 3 is 2.75 bits per heavy atom. The molecule has 0 unspecified atom stereocenters. The predicted octanol–water partition coefficient (Wildman–Crippen LogP) is 2.11. The molecule has 5 heteroatoms. The van der Waals surface area contributed by atoms with Crippen LogP contribution < -0.4 is 5.32 Å². The van der Waals surface area contributed by atoms with Crippen molar-refractivity contribution in [3.63, 3.8) is 0 Å². The van der Waals surface area contributed by atoms with Gasteiger partial charge in [-0.05, 0) is 36.6 Å². The van der Waals surface area contributed by atoms with E-state index in [9.17, 15) is 4.79 Å². The number of hydrogen-bond donors (Lipinski definition) is 1. The summed E-state index contributed by atoms with van der Waals surface area (Å²) in [6.45, 7) is 2.84. The number of amides is 1. The minimum absolute atomic E-state index is 0.110. The highest BCUT2D eigenvalue weighted by Crippen LogP contribution is 2.42. The summed E-state index contributed by atoms with van der Waals surface area (Å²) in [5.74, 6) is 0.401.